The first-order chi connectivity index (χ1) is 5.74. The summed E-state index contributed by atoms with van der Waals surface area (Å²) in [6, 6.07) is 0.471. The maximum absolute atomic E-state index is 11.1. The normalized spacial score (nSPS) is 26.2. The molecular weight excluding hydrogens is 170 g/mol. The number of carbonyl (C=O) groups is 1. The zero-order chi connectivity index (χ0) is 8.97. The molecule has 1 aliphatic rings. The molecule has 2 nitrogen and oxygen atoms in total. The molecule has 1 rings (SSSR count). The van der Waals surface area contributed by atoms with Crippen LogP contribution < -0.4 is 0 Å². The Morgan fingerprint density at radius 2 is 2.42 bits per heavy atom. The molecule has 0 saturated carbocycles. The predicted molar refractivity (Wildman–Crippen MR) is 53.7 cm³/mol. The number of Topliss-reactive ketones (excluding diaryl/α,β-unsaturated/α-hetero) is 1. The average Bonchev–Trinajstić information content (AvgIpc) is 2.03. The van der Waals surface area contributed by atoms with Crippen molar-refractivity contribution in [2.24, 2.45) is 0 Å². The highest BCUT2D eigenvalue weighted by Crippen LogP contribution is 2.13. The topological polar surface area (TPSA) is 20.3 Å². The van der Waals surface area contributed by atoms with Crippen molar-refractivity contribution in [1.82, 2.24) is 4.90 Å². The highest BCUT2D eigenvalue weighted by Gasteiger charge is 2.22. The molecule has 1 heterocycles. The van der Waals surface area contributed by atoms with Gasteiger partial charge in [0.25, 0.3) is 0 Å². The van der Waals surface area contributed by atoms with Crippen molar-refractivity contribution in [3.8, 4) is 0 Å². The minimum absolute atomic E-state index is 0.433. The van der Waals surface area contributed by atoms with Gasteiger partial charge in [-0.3, -0.25) is 9.69 Å². The van der Waals surface area contributed by atoms with Crippen LogP contribution >= 0.6 is 11.8 Å². The maximum atomic E-state index is 11.1. The van der Waals surface area contributed by atoms with Crippen LogP contribution in [0.3, 0.4) is 0 Å². The largest absolute Gasteiger partial charge is 0.300 e. The molecule has 1 atom stereocenters. The van der Waals surface area contributed by atoms with Gasteiger partial charge in [0.15, 0.2) is 0 Å². The molecule has 0 aromatic carbocycles. The molecule has 0 spiro atoms. The van der Waals surface area contributed by atoms with Gasteiger partial charge in [0.05, 0.1) is 0 Å². The fraction of sp³-hybridized carbons (Fsp3) is 0.889. The summed E-state index contributed by atoms with van der Waals surface area (Å²) < 4.78 is 0. The van der Waals surface area contributed by atoms with Gasteiger partial charge in [-0.1, -0.05) is 0 Å². The van der Waals surface area contributed by atoms with E-state index in [0.29, 0.717) is 11.8 Å². The van der Waals surface area contributed by atoms with Gasteiger partial charge >= 0.3 is 0 Å². The number of rotatable bonds is 3. The fourth-order valence-electron chi connectivity index (χ4n) is 1.59. The number of hydrogen-bond acceptors (Lipinski definition) is 3. The van der Waals surface area contributed by atoms with E-state index in [2.05, 4.69) is 18.1 Å². The standard InChI is InChI=1S/C9H17NOS/c1-8-7-9(11)3-4-10(8)5-6-12-2/h8H,3-7H2,1-2H3. The molecule has 12 heavy (non-hydrogen) atoms. The summed E-state index contributed by atoms with van der Waals surface area (Å²) in [5.41, 5.74) is 0. The second-order valence-electron chi connectivity index (χ2n) is 3.37. The summed E-state index contributed by atoms with van der Waals surface area (Å²) in [5.74, 6) is 1.61. The molecule has 0 aromatic rings. The first-order valence-electron chi connectivity index (χ1n) is 4.48. The number of piperidine rings is 1. The highest BCUT2D eigenvalue weighted by molar-refractivity contribution is 7.98. The molecular formula is C9H17NOS. The Kier molecular flexibility index (Phi) is 4.09. The molecule has 1 aliphatic heterocycles. The fourth-order valence-corrected chi connectivity index (χ4v) is 2.01. The Morgan fingerprint density at radius 1 is 1.67 bits per heavy atom. The Bertz CT molecular complexity index is 161. The van der Waals surface area contributed by atoms with Crippen LogP contribution in [-0.4, -0.2) is 41.8 Å². The Morgan fingerprint density at radius 3 is 3.00 bits per heavy atom. The summed E-state index contributed by atoms with van der Waals surface area (Å²) in [5, 5.41) is 0. The highest BCUT2D eigenvalue weighted by atomic mass is 32.2. The van der Waals surface area contributed by atoms with E-state index in [-0.39, 0.29) is 0 Å². The van der Waals surface area contributed by atoms with Gasteiger partial charge < -0.3 is 0 Å². The van der Waals surface area contributed by atoms with Crippen molar-refractivity contribution in [1.29, 1.82) is 0 Å². The van der Waals surface area contributed by atoms with Crippen LogP contribution in [0.2, 0.25) is 0 Å². The van der Waals surface area contributed by atoms with Crippen LogP contribution in [0.4, 0.5) is 0 Å². The van der Waals surface area contributed by atoms with E-state index >= 15 is 0 Å². The third-order valence-corrected chi connectivity index (χ3v) is 3.00. The monoisotopic (exact) mass is 187 g/mol. The molecule has 70 valence electrons. The van der Waals surface area contributed by atoms with Gasteiger partial charge in [-0.25, -0.2) is 0 Å². The van der Waals surface area contributed by atoms with Gasteiger partial charge in [-0.2, -0.15) is 11.8 Å². The minimum atomic E-state index is 0.433. The predicted octanol–water partition coefficient (Wildman–Crippen LogP) is 1.40. The van der Waals surface area contributed by atoms with Crippen LogP contribution in [0.25, 0.3) is 0 Å². The molecule has 0 bridgehead atoms. The SMILES string of the molecule is CSCCN1CCC(=O)CC1C. The van der Waals surface area contributed by atoms with Crippen molar-refractivity contribution in [3.05, 3.63) is 0 Å². The third-order valence-electron chi connectivity index (χ3n) is 2.41. The number of hydrogen-bond donors (Lipinski definition) is 0. The lowest BCUT2D eigenvalue weighted by atomic mass is 10.0. The number of likely N-dealkylation sites (tertiary alicyclic amines) is 1. The van der Waals surface area contributed by atoms with Crippen molar-refractivity contribution in [2.45, 2.75) is 25.8 Å². The van der Waals surface area contributed by atoms with Gasteiger partial charge in [0, 0.05) is 37.7 Å². The van der Waals surface area contributed by atoms with Gasteiger partial charge in [-0.15, -0.1) is 0 Å². The first-order valence-corrected chi connectivity index (χ1v) is 5.88. The van der Waals surface area contributed by atoms with Crippen LogP contribution in [0.15, 0.2) is 0 Å². The molecule has 1 saturated heterocycles. The van der Waals surface area contributed by atoms with E-state index in [1.165, 1.54) is 5.75 Å². The van der Waals surface area contributed by atoms with Crippen LogP contribution in [-0.2, 0) is 4.79 Å². The third kappa shape index (κ3) is 2.79. The van der Waals surface area contributed by atoms with E-state index in [9.17, 15) is 4.79 Å². The van der Waals surface area contributed by atoms with E-state index < -0.39 is 0 Å². The van der Waals surface area contributed by atoms with E-state index in [1.807, 2.05) is 11.8 Å². The molecule has 0 radical (unpaired) electrons. The molecule has 0 amide bonds. The molecule has 0 aromatic heterocycles. The Labute approximate surface area is 78.7 Å². The Hall–Kier alpha value is -0.0200. The summed E-state index contributed by atoms with van der Waals surface area (Å²) in [4.78, 5) is 13.5. The van der Waals surface area contributed by atoms with Gasteiger partial charge in [-0.05, 0) is 13.2 Å². The van der Waals surface area contributed by atoms with E-state index in [0.717, 1.165) is 25.9 Å². The number of nitrogens with zero attached hydrogens (tertiary/aromatic N) is 1. The van der Waals surface area contributed by atoms with Gasteiger partial charge in [0.2, 0.25) is 0 Å². The second kappa shape index (κ2) is 4.87. The van der Waals surface area contributed by atoms with Crippen LogP contribution in [0, 0.1) is 0 Å². The molecule has 0 aliphatic carbocycles. The zero-order valence-electron chi connectivity index (χ0n) is 7.88. The quantitative estimate of drug-likeness (QED) is 0.666. The second-order valence-corrected chi connectivity index (χ2v) is 4.36. The lowest BCUT2D eigenvalue weighted by molar-refractivity contribution is -0.122. The van der Waals surface area contributed by atoms with Crippen molar-refractivity contribution in [2.75, 3.05) is 25.1 Å². The lowest BCUT2D eigenvalue weighted by Gasteiger charge is -2.32. The van der Waals surface area contributed by atoms with Crippen molar-refractivity contribution >= 4 is 17.5 Å². The smallest absolute Gasteiger partial charge is 0.135 e. The molecule has 0 N–H and O–H groups in total. The van der Waals surface area contributed by atoms with Gasteiger partial charge in [0.1, 0.15) is 5.78 Å². The van der Waals surface area contributed by atoms with Crippen molar-refractivity contribution < 1.29 is 4.79 Å². The molecule has 1 unspecified atom stereocenters. The summed E-state index contributed by atoms with van der Waals surface area (Å²) in [6.45, 7) is 4.26. The van der Waals surface area contributed by atoms with E-state index in [1.54, 1.807) is 0 Å². The zero-order valence-corrected chi connectivity index (χ0v) is 8.69. The lowest BCUT2D eigenvalue weighted by Crippen LogP contribution is -2.42. The minimum Gasteiger partial charge on any atom is -0.300 e. The summed E-state index contributed by atoms with van der Waals surface area (Å²) in [6.07, 6.45) is 3.65. The maximum Gasteiger partial charge on any atom is 0.135 e. The number of thioether (sulfide) groups is 1. The average molecular weight is 187 g/mol. The Balaban J connectivity index is 2.29. The van der Waals surface area contributed by atoms with E-state index in [4.69, 9.17) is 0 Å². The van der Waals surface area contributed by atoms with Crippen LogP contribution in [0.5, 0.6) is 0 Å². The summed E-state index contributed by atoms with van der Waals surface area (Å²) >= 11 is 1.87. The first kappa shape index (κ1) is 10.1. The number of carbonyl (C=O) groups excluding carboxylic acids is 1. The molecule has 3 heteroatoms. The van der Waals surface area contributed by atoms with Crippen molar-refractivity contribution in [3.63, 3.8) is 0 Å². The van der Waals surface area contributed by atoms with Crippen LogP contribution in [0.1, 0.15) is 19.8 Å². The number of ketones is 1. The molecule has 1 fully saturated rings. The summed E-state index contributed by atoms with van der Waals surface area (Å²) in [7, 11) is 0.